The number of pyridine rings is 1. The summed E-state index contributed by atoms with van der Waals surface area (Å²) in [5.74, 6) is 0. The summed E-state index contributed by atoms with van der Waals surface area (Å²) in [4.78, 5) is 6.26. The highest BCUT2D eigenvalue weighted by atomic mass is 15.1. The number of rotatable bonds is 3. The van der Waals surface area contributed by atoms with Crippen LogP contribution >= 0.6 is 0 Å². The molecule has 2 heteroatoms. The fraction of sp³-hybridized carbons (Fsp3) is 0.444. The third-order valence-corrected chi connectivity index (χ3v) is 1.79. The van der Waals surface area contributed by atoms with Crippen molar-refractivity contribution in [1.29, 1.82) is 0 Å². The van der Waals surface area contributed by atoms with Gasteiger partial charge in [0.05, 0.1) is 0 Å². The highest BCUT2D eigenvalue weighted by molar-refractivity contribution is 5.43. The minimum absolute atomic E-state index is 1.06. The summed E-state index contributed by atoms with van der Waals surface area (Å²) in [5.41, 5.74) is 1.25. The maximum atomic E-state index is 3.97. The zero-order chi connectivity index (χ0) is 8.10. The minimum atomic E-state index is 1.06. The second-order valence-corrected chi connectivity index (χ2v) is 2.38. The molecule has 0 saturated heterocycles. The van der Waals surface area contributed by atoms with Crippen molar-refractivity contribution in [2.75, 3.05) is 18.0 Å². The summed E-state index contributed by atoms with van der Waals surface area (Å²) in [7, 11) is 0. The number of nitrogens with zero attached hydrogens (tertiary/aromatic N) is 2. The van der Waals surface area contributed by atoms with Crippen molar-refractivity contribution in [3.63, 3.8) is 0 Å². The molecule has 0 amide bonds. The zero-order valence-corrected chi connectivity index (χ0v) is 7.12. The first-order valence-electron chi connectivity index (χ1n) is 4.03. The highest BCUT2D eigenvalue weighted by Crippen LogP contribution is 2.10. The van der Waals surface area contributed by atoms with E-state index in [-0.39, 0.29) is 0 Å². The topological polar surface area (TPSA) is 16.1 Å². The first kappa shape index (κ1) is 8.05. The molecular formula is C9H14N2. The first-order valence-corrected chi connectivity index (χ1v) is 4.03. The van der Waals surface area contributed by atoms with Gasteiger partial charge in [-0.3, -0.25) is 4.98 Å². The molecule has 1 heterocycles. The van der Waals surface area contributed by atoms with Gasteiger partial charge in [-0.05, 0) is 26.0 Å². The van der Waals surface area contributed by atoms with E-state index in [0.29, 0.717) is 0 Å². The van der Waals surface area contributed by atoms with Gasteiger partial charge in [-0.25, -0.2) is 0 Å². The second-order valence-electron chi connectivity index (χ2n) is 2.38. The van der Waals surface area contributed by atoms with Crippen LogP contribution in [0.15, 0.2) is 24.5 Å². The van der Waals surface area contributed by atoms with Crippen molar-refractivity contribution >= 4 is 5.69 Å². The number of hydrogen-bond donors (Lipinski definition) is 0. The Hall–Kier alpha value is -1.05. The van der Waals surface area contributed by atoms with Crippen molar-refractivity contribution < 1.29 is 0 Å². The van der Waals surface area contributed by atoms with E-state index < -0.39 is 0 Å². The Balaban J connectivity index is 2.74. The van der Waals surface area contributed by atoms with Gasteiger partial charge in [-0.15, -0.1) is 0 Å². The lowest BCUT2D eigenvalue weighted by atomic mass is 10.3. The molecule has 0 unspecified atom stereocenters. The van der Waals surface area contributed by atoms with E-state index >= 15 is 0 Å². The molecule has 2 nitrogen and oxygen atoms in total. The molecule has 1 rings (SSSR count). The largest absolute Gasteiger partial charge is 0.372 e. The summed E-state index contributed by atoms with van der Waals surface area (Å²) in [6.07, 6.45) is 3.65. The van der Waals surface area contributed by atoms with E-state index in [2.05, 4.69) is 23.7 Å². The summed E-state index contributed by atoms with van der Waals surface area (Å²) >= 11 is 0. The predicted octanol–water partition coefficient (Wildman–Crippen LogP) is 1.93. The average Bonchev–Trinajstić information content (AvgIpc) is 2.09. The lowest BCUT2D eigenvalue weighted by Crippen LogP contribution is -2.21. The standard InChI is InChI=1S/C9H14N2/c1-3-11(4-2)9-5-7-10-8-6-9/h5-8H,3-4H2,1-2H3. The predicted molar refractivity (Wildman–Crippen MR) is 47.8 cm³/mol. The molecule has 0 saturated carbocycles. The molecule has 0 N–H and O–H groups in total. The van der Waals surface area contributed by atoms with E-state index in [0.717, 1.165) is 13.1 Å². The molecule has 1 aromatic heterocycles. The van der Waals surface area contributed by atoms with E-state index in [1.807, 2.05) is 24.5 Å². The third kappa shape index (κ3) is 1.93. The number of hydrogen-bond acceptors (Lipinski definition) is 2. The first-order chi connectivity index (χ1) is 5.38. The summed E-state index contributed by atoms with van der Waals surface area (Å²) in [5, 5.41) is 0. The van der Waals surface area contributed by atoms with Crippen LogP contribution in [-0.4, -0.2) is 18.1 Å². The van der Waals surface area contributed by atoms with Gasteiger partial charge in [-0.1, -0.05) is 0 Å². The van der Waals surface area contributed by atoms with Crippen LogP contribution in [0, 0.1) is 0 Å². The van der Waals surface area contributed by atoms with Crippen LogP contribution in [0.25, 0.3) is 0 Å². The van der Waals surface area contributed by atoms with Crippen LogP contribution in [0.2, 0.25) is 0 Å². The number of anilines is 1. The van der Waals surface area contributed by atoms with Crippen molar-refractivity contribution in [3.05, 3.63) is 24.5 Å². The molecule has 0 atom stereocenters. The van der Waals surface area contributed by atoms with E-state index in [1.165, 1.54) is 5.69 Å². The monoisotopic (exact) mass is 150 g/mol. The van der Waals surface area contributed by atoms with E-state index in [9.17, 15) is 0 Å². The van der Waals surface area contributed by atoms with Crippen molar-refractivity contribution in [1.82, 2.24) is 4.98 Å². The Morgan fingerprint density at radius 2 is 1.73 bits per heavy atom. The molecular weight excluding hydrogens is 136 g/mol. The van der Waals surface area contributed by atoms with Gasteiger partial charge in [0.2, 0.25) is 0 Å². The van der Waals surface area contributed by atoms with Crippen LogP contribution in [0.4, 0.5) is 5.69 Å². The molecule has 11 heavy (non-hydrogen) atoms. The van der Waals surface area contributed by atoms with E-state index in [4.69, 9.17) is 0 Å². The Morgan fingerprint density at radius 3 is 2.18 bits per heavy atom. The third-order valence-electron chi connectivity index (χ3n) is 1.79. The minimum Gasteiger partial charge on any atom is -0.372 e. The number of aromatic nitrogens is 1. The molecule has 0 radical (unpaired) electrons. The van der Waals surface area contributed by atoms with E-state index in [1.54, 1.807) is 0 Å². The molecule has 60 valence electrons. The van der Waals surface area contributed by atoms with Crippen LogP contribution in [0.3, 0.4) is 0 Å². The second kappa shape index (κ2) is 3.96. The van der Waals surface area contributed by atoms with Crippen LogP contribution in [-0.2, 0) is 0 Å². The fourth-order valence-corrected chi connectivity index (χ4v) is 1.14. The van der Waals surface area contributed by atoms with Crippen LogP contribution in [0.5, 0.6) is 0 Å². The smallest absolute Gasteiger partial charge is 0.0396 e. The maximum absolute atomic E-state index is 3.97. The SMILES string of the molecule is CCN(CC)c1ccncc1. The van der Waals surface area contributed by atoms with Gasteiger partial charge >= 0.3 is 0 Å². The lowest BCUT2D eigenvalue weighted by Gasteiger charge is -2.20. The molecule has 0 aliphatic heterocycles. The van der Waals surface area contributed by atoms with Crippen molar-refractivity contribution in [2.45, 2.75) is 13.8 Å². The van der Waals surface area contributed by atoms with Gasteiger partial charge in [0.1, 0.15) is 0 Å². The summed E-state index contributed by atoms with van der Waals surface area (Å²) in [6, 6.07) is 4.07. The Bertz CT molecular complexity index is 192. The van der Waals surface area contributed by atoms with Gasteiger partial charge in [-0.2, -0.15) is 0 Å². The lowest BCUT2D eigenvalue weighted by molar-refractivity contribution is 0.865. The maximum Gasteiger partial charge on any atom is 0.0396 e. The fourth-order valence-electron chi connectivity index (χ4n) is 1.14. The molecule has 0 aliphatic rings. The Morgan fingerprint density at radius 1 is 1.18 bits per heavy atom. The zero-order valence-electron chi connectivity index (χ0n) is 7.12. The average molecular weight is 150 g/mol. The molecule has 0 fully saturated rings. The van der Waals surface area contributed by atoms with Gasteiger partial charge < -0.3 is 4.90 Å². The highest BCUT2D eigenvalue weighted by Gasteiger charge is 1.97. The van der Waals surface area contributed by atoms with Crippen LogP contribution < -0.4 is 4.90 Å². The van der Waals surface area contributed by atoms with Gasteiger partial charge in [0.15, 0.2) is 0 Å². The molecule has 0 spiro atoms. The van der Waals surface area contributed by atoms with Gasteiger partial charge in [0.25, 0.3) is 0 Å². The van der Waals surface area contributed by atoms with Crippen LogP contribution in [0.1, 0.15) is 13.8 Å². The molecule has 0 aliphatic carbocycles. The Kier molecular flexibility index (Phi) is 2.90. The normalized spacial score (nSPS) is 9.64. The van der Waals surface area contributed by atoms with Crippen molar-refractivity contribution in [2.24, 2.45) is 0 Å². The quantitative estimate of drug-likeness (QED) is 0.654. The van der Waals surface area contributed by atoms with Gasteiger partial charge in [0, 0.05) is 31.2 Å². The molecule has 0 aromatic carbocycles. The summed E-state index contributed by atoms with van der Waals surface area (Å²) in [6.45, 7) is 6.43. The van der Waals surface area contributed by atoms with Crippen molar-refractivity contribution in [3.8, 4) is 0 Å². The molecule has 1 aromatic rings. The molecule has 0 bridgehead atoms. The Labute approximate surface area is 67.9 Å². The summed E-state index contributed by atoms with van der Waals surface area (Å²) < 4.78 is 0.